The number of ketones is 1. The minimum atomic E-state index is -0.683. The van der Waals surface area contributed by atoms with Crippen LogP contribution >= 0.6 is 0 Å². The predicted octanol–water partition coefficient (Wildman–Crippen LogP) is 2.10. The molecule has 1 aliphatic heterocycles. The van der Waals surface area contributed by atoms with E-state index in [4.69, 9.17) is 0 Å². The van der Waals surface area contributed by atoms with E-state index >= 15 is 0 Å². The molecule has 31 heavy (non-hydrogen) atoms. The van der Waals surface area contributed by atoms with Crippen molar-refractivity contribution in [2.45, 2.75) is 38.4 Å². The number of hydrogen-bond donors (Lipinski definition) is 1. The van der Waals surface area contributed by atoms with Gasteiger partial charge in [0.2, 0.25) is 5.82 Å². The number of hydrogen-bond acceptors (Lipinski definition) is 5. The van der Waals surface area contributed by atoms with Gasteiger partial charge >= 0.3 is 0 Å². The lowest BCUT2D eigenvalue weighted by Crippen LogP contribution is -2.41. The van der Waals surface area contributed by atoms with Crippen LogP contribution in [0.1, 0.15) is 46.0 Å². The van der Waals surface area contributed by atoms with Crippen molar-refractivity contribution in [1.29, 1.82) is 5.26 Å². The Morgan fingerprint density at radius 1 is 1.29 bits per heavy atom. The number of allylic oxidation sites excluding steroid dienone is 1. The number of aryl methyl sites for hydroxylation is 1. The van der Waals surface area contributed by atoms with Crippen LogP contribution in [0.25, 0.3) is 5.57 Å². The summed E-state index contributed by atoms with van der Waals surface area (Å²) in [5.41, 5.74) is 4.05. The molecule has 1 aliphatic carbocycles. The fraction of sp³-hybridized carbons (Fsp3) is 0.261. The van der Waals surface area contributed by atoms with Gasteiger partial charge in [-0.25, -0.2) is 9.67 Å². The summed E-state index contributed by atoms with van der Waals surface area (Å²) in [7, 11) is 0. The minimum absolute atomic E-state index is 0.0311. The maximum Gasteiger partial charge on any atom is 0.291 e. The zero-order valence-corrected chi connectivity index (χ0v) is 16.8. The van der Waals surface area contributed by atoms with Crippen LogP contribution in [0.15, 0.2) is 48.8 Å². The molecular weight excluding hydrogens is 392 g/mol. The average Bonchev–Trinajstić information content (AvgIpc) is 3.37. The molecule has 5 rings (SSSR count). The topological polar surface area (TPSA) is 106 Å². The molecule has 8 nitrogen and oxygen atoms in total. The van der Waals surface area contributed by atoms with Gasteiger partial charge in [0.05, 0.1) is 18.3 Å². The highest BCUT2D eigenvalue weighted by Crippen LogP contribution is 2.33. The largest absolute Gasteiger partial charge is 0.339 e. The molecule has 1 unspecified atom stereocenters. The zero-order valence-electron chi connectivity index (χ0n) is 16.8. The van der Waals surface area contributed by atoms with Gasteiger partial charge in [-0.2, -0.15) is 5.26 Å². The second-order valence-electron chi connectivity index (χ2n) is 7.75. The van der Waals surface area contributed by atoms with E-state index < -0.39 is 11.9 Å². The first-order chi connectivity index (χ1) is 15.1. The number of nitrogens with zero attached hydrogens (tertiary/aromatic N) is 5. The van der Waals surface area contributed by atoms with Crippen LogP contribution in [-0.2, 0) is 24.3 Å². The van der Waals surface area contributed by atoms with Gasteiger partial charge in [0, 0.05) is 12.1 Å². The minimum Gasteiger partial charge on any atom is -0.339 e. The van der Waals surface area contributed by atoms with Crippen LogP contribution in [0.4, 0.5) is 0 Å². The van der Waals surface area contributed by atoms with Gasteiger partial charge in [0.25, 0.3) is 5.91 Å². The van der Waals surface area contributed by atoms with Crippen molar-refractivity contribution in [1.82, 2.24) is 24.6 Å². The maximum absolute atomic E-state index is 13.2. The summed E-state index contributed by atoms with van der Waals surface area (Å²) in [4.78, 5) is 30.1. The summed E-state index contributed by atoms with van der Waals surface area (Å²) in [5.74, 6) is -0.572. The molecule has 1 atom stereocenters. The van der Waals surface area contributed by atoms with Gasteiger partial charge in [-0.1, -0.05) is 36.4 Å². The molecule has 2 aliphatic rings. The lowest BCUT2D eigenvalue weighted by molar-refractivity contribution is -0.115. The first-order valence-corrected chi connectivity index (χ1v) is 10.3. The first-order valence-electron chi connectivity index (χ1n) is 10.3. The maximum atomic E-state index is 13.2. The van der Waals surface area contributed by atoms with Crippen molar-refractivity contribution < 1.29 is 9.59 Å². The molecule has 154 valence electrons. The molecular formula is C23H20N6O2. The number of rotatable bonds is 4. The number of nitrogens with one attached hydrogen (secondary N) is 1. The Balaban J connectivity index is 1.34. The van der Waals surface area contributed by atoms with Crippen molar-refractivity contribution in [2.75, 3.05) is 0 Å². The molecule has 2 aromatic heterocycles. The normalized spacial score (nSPS) is 17.3. The number of Topliss-reactive ketones (excluding diaryl/α,β-unsaturated/α-hetero) is 1. The van der Waals surface area contributed by atoms with E-state index in [1.807, 2.05) is 47.0 Å². The molecule has 0 radical (unpaired) electrons. The molecule has 8 heteroatoms. The van der Waals surface area contributed by atoms with Crippen molar-refractivity contribution in [2.24, 2.45) is 0 Å². The molecule has 0 bridgehead atoms. The van der Waals surface area contributed by atoms with Gasteiger partial charge in [-0.15, -0.1) is 5.10 Å². The summed E-state index contributed by atoms with van der Waals surface area (Å²) in [6, 6.07) is 13.2. The highest BCUT2D eigenvalue weighted by molar-refractivity contribution is 6.24. The Hall–Kier alpha value is -3.99. The molecule has 3 aromatic rings. The molecule has 1 amide bonds. The van der Waals surface area contributed by atoms with Crippen LogP contribution < -0.4 is 5.32 Å². The third-order valence-electron chi connectivity index (χ3n) is 5.76. The Bertz CT molecular complexity index is 1240. The summed E-state index contributed by atoms with van der Waals surface area (Å²) >= 11 is 0. The van der Waals surface area contributed by atoms with Crippen LogP contribution in [0.5, 0.6) is 0 Å². The molecule has 1 N–H and O–H groups in total. The van der Waals surface area contributed by atoms with Gasteiger partial charge in [-0.05, 0) is 36.5 Å². The van der Waals surface area contributed by atoms with Crippen LogP contribution in [0.2, 0.25) is 0 Å². The van der Waals surface area contributed by atoms with E-state index in [2.05, 4.69) is 21.5 Å². The Morgan fingerprint density at radius 3 is 2.94 bits per heavy atom. The molecule has 0 saturated carbocycles. The van der Waals surface area contributed by atoms with Crippen molar-refractivity contribution in [3.63, 3.8) is 0 Å². The smallest absolute Gasteiger partial charge is 0.291 e. The van der Waals surface area contributed by atoms with E-state index in [-0.39, 0.29) is 11.6 Å². The fourth-order valence-electron chi connectivity index (χ4n) is 4.31. The Kier molecular flexibility index (Phi) is 4.71. The molecule has 3 heterocycles. The van der Waals surface area contributed by atoms with Crippen molar-refractivity contribution in [3.8, 4) is 6.07 Å². The van der Waals surface area contributed by atoms with Gasteiger partial charge in [0.15, 0.2) is 5.78 Å². The SMILES string of the molecule is N#Cc1cc2c3n1CCC(NC(=O)c1ncn(Cc4ccccc4)n1)C(=O)C3=CCC2. The molecule has 0 spiro atoms. The second-order valence-corrected chi connectivity index (χ2v) is 7.75. The van der Waals surface area contributed by atoms with Gasteiger partial charge in [-0.3, -0.25) is 9.59 Å². The van der Waals surface area contributed by atoms with Crippen molar-refractivity contribution in [3.05, 3.63) is 77.1 Å². The number of carbonyl (C=O) groups excluding carboxylic acids is 2. The fourth-order valence-corrected chi connectivity index (χ4v) is 4.31. The van der Waals surface area contributed by atoms with E-state index in [0.29, 0.717) is 30.8 Å². The summed E-state index contributed by atoms with van der Waals surface area (Å²) in [5, 5.41) is 16.5. The Morgan fingerprint density at radius 2 is 2.13 bits per heavy atom. The van der Waals surface area contributed by atoms with E-state index in [0.717, 1.165) is 29.7 Å². The lowest BCUT2D eigenvalue weighted by atomic mass is 9.92. The van der Waals surface area contributed by atoms with E-state index in [1.165, 1.54) is 6.33 Å². The third-order valence-corrected chi connectivity index (χ3v) is 5.76. The molecule has 0 saturated heterocycles. The summed E-state index contributed by atoms with van der Waals surface area (Å²) < 4.78 is 3.50. The van der Waals surface area contributed by atoms with Crippen LogP contribution in [-0.4, -0.2) is 37.1 Å². The number of carbonyl (C=O) groups is 2. The monoisotopic (exact) mass is 412 g/mol. The number of benzene rings is 1. The highest BCUT2D eigenvalue weighted by Gasteiger charge is 2.34. The van der Waals surface area contributed by atoms with E-state index in [1.54, 1.807) is 4.68 Å². The van der Waals surface area contributed by atoms with Crippen LogP contribution in [0.3, 0.4) is 0 Å². The molecule has 0 fully saturated rings. The summed E-state index contributed by atoms with van der Waals surface area (Å²) in [6.45, 7) is 0.994. The number of nitriles is 1. The third kappa shape index (κ3) is 3.44. The average molecular weight is 412 g/mol. The predicted molar refractivity (Wildman–Crippen MR) is 112 cm³/mol. The summed E-state index contributed by atoms with van der Waals surface area (Å²) in [6.07, 6.45) is 5.39. The van der Waals surface area contributed by atoms with Gasteiger partial charge < -0.3 is 9.88 Å². The number of aromatic nitrogens is 4. The van der Waals surface area contributed by atoms with E-state index in [9.17, 15) is 14.9 Å². The lowest BCUT2D eigenvalue weighted by Gasteiger charge is -2.17. The quantitative estimate of drug-likeness (QED) is 0.706. The van der Waals surface area contributed by atoms with Crippen molar-refractivity contribution >= 4 is 17.3 Å². The first kappa shape index (κ1) is 19.0. The molecule has 1 aromatic carbocycles. The standard InChI is InChI=1S/C23H20N6O2/c24-12-17-11-16-7-4-8-18-20(16)29(17)10-9-19(21(18)30)26-23(31)22-25-14-28(27-22)13-15-5-2-1-3-6-15/h1-3,5-6,8,11,14,19H,4,7,9-10,13H2,(H,26,31). The number of amides is 1. The second kappa shape index (κ2) is 7.69. The zero-order chi connectivity index (χ0) is 21.4. The van der Waals surface area contributed by atoms with Crippen LogP contribution in [0, 0.1) is 11.3 Å². The highest BCUT2D eigenvalue weighted by atomic mass is 16.2. The Labute approximate surface area is 178 Å². The van der Waals surface area contributed by atoms with Gasteiger partial charge in [0.1, 0.15) is 18.1 Å².